The number of rotatable bonds is 4. The maximum absolute atomic E-state index is 13.6. The lowest BCUT2D eigenvalue weighted by Crippen LogP contribution is -2.25. The first-order valence-electron chi connectivity index (χ1n) is 5.59. The highest BCUT2D eigenvalue weighted by Crippen LogP contribution is 2.35. The Kier molecular flexibility index (Phi) is 3.87. The van der Waals surface area contributed by atoms with E-state index < -0.39 is 24.5 Å². The van der Waals surface area contributed by atoms with Crippen LogP contribution in [0.25, 0.3) is 10.9 Å². The zero-order valence-corrected chi connectivity index (χ0v) is 10.0. The molecule has 0 bridgehead atoms. The summed E-state index contributed by atoms with van der Waals surface area (Å²) in [6.45, 7) is -0.928. The Morgan fingerprint density at radius 3 is 2.75 bits per heavy atom. The lowest BCUT2D eigenvalue weighted by Gasteiger charge is -2.19. The summed E-state index contributed by atoms with van der Waals surface area (Å²) in [5.41, 5.74) is 0.00271. The van der Waals surface area contributed by atoms with E-state index in [4.69, 9.17) is 0 Å². The molecule has 106 valence electrons. The first-order valence-corrected chi connectivity index (χ1v) is 5.59. The van der Waals surface area contributed by atoms with Crippen LogP contribution in [0.1, 0.15) is 11.5 Å². The van der Waals surface area contributed by atoms with Gasteiger partial charge in [0, 0.05) is 11.6 Å². The van der Waals surface area contributed by atoms with Crippen LogP contribution in [0.2, 0.25) is 0 Å². The Hall–Kier alpha value is -2.18. The van der Waals surface area contributed by atoms with Gasteiger partial charge in [-0.3, -0.25) is 9.78 Å². The number of fused-ring (bicyclic) bond motifs is 1. The lowest BCUT2D eigenvalue weighted by molar-refractivity contribution is -0.164. The van der Waals surface area contributed by atoms with Crippen molar-refractivity contribution in [2.45, 2.75) is 12.1 Å². The number of carbonyl (C=O) groups is 1. The number of hydrogen-bond acceptors (Lipinski definition) is 3. The molecule has 1 unspecified atom stereocenters. The number of halogens is 4. The van der Waals surface area contributed by atoms with Crippen LogP contribution in [0.5, 0.6) is 0 Å². The molecule has 0 aliphatic heterocycles. The minimum absolute atomic E-state index is 0.00893. The molecule has 0 aliphatic carbocycles. The number of hydrogen-bond donors (Lipinski definition) is 0. The van der Waals surface area contributed by atoms with Gasteiger partial charge in [0.05, 0.1) is 5.52 Å². The zero-order valence-electron chi connectivity index (χ0n) is 10.0. The average molecular weight is 287 g/mol. The second-order valence-electron chi connectivity index (χ2n) is 4.10. The molecule has 0 amide bonds. The van der Waals surface area contributed by atoms with E-state index in [0.29, 0.717) is 0 Å². The largest absolute Gasteiger partial charge is 0.467 e. The van der Waals surface area contributed by atoms with E-state index >= 15 is 0 Å². The molecule has 0 aliphatic rings. The van der Waals surface area contributed by atoms with Crippen molar-refractivity contribution in [3.05, 3.63) is 41.8 Å². The van der Waals surface area contributed by atoms with Gasteiger partial charge in [0.2, 0.25) is 0 Å². The van der Waals surface area contributed by atoms with Gasteiger partial charge in [-0.25, -0.2) is 4.39 Å². The number of benzene rings is 1. The molecule has 2 rings (SSSR count). The number of ether oxygens (including phenoxy) is 1. The van der Waals surface area contributed by atoms with Gasteiger partial charge in [-0.2, -0.15) is 13.2 Å². The summed E-state index contributed by atoms with van der Waals surface area (Å²) in [6, 6.07) is 5.12. The number of carbonyl (C=O) groups excluding carboxylic acids is 1. The van der Waals surface area contributed by atoms with Gasteiger partial charge in [0.25, 0.3) is 6.47 Å². The van der Waals surface area contributed by atoms with Crippen LogP contribution in [0.3, 0.4) is 0 Å². The van der Waals surface area contributed by atoms with Crippen LogP contribution in [0.4, 0.5) is 17.6 Å². The Morgan fingerprint density at radius 2 is 2.10 bits per heavy atom. The predicted molar refractivity (Wildman–Crippen MR) is 62.5 cm³/mol. The fourth-order valence-electron chi connectivity index (χ4n) is 1.83. The van der Waals surface area contributed by atoms with Crippen molar-refractivity contribution in [1.29, 1.82) is 0 Å². The van der Waals surface area contributed by atoms with E-state index in [-0.39, 0.29) is 22.9 Å². The van der Waals surface area contributed by atoms with E-state index in [2.05, 4.69) is 9.72 Å². The summed E-state index contributed by atoms with van der Waals surface area (Å²) in [5, 5.41) is -0.00893. The maximum atomic E-state index is 13.6. The van der Waals surface area contributed by atoms with Crippen molar-refractivity contribution in [2.24, 2.45) is 0 Å². The molecule has 2 aromatic rings. The van der Waals surface area contributed by atoms with Gasteiger partial charge in [-0.15, -0.1) is 0 Å². The van der Waals surface area contributed by atoms with Gasteiger partial charge in [0.15, 0.2) is 0 Å². The first kappa shape index (κ1) is 14.2. The SMILES string of the molecule is O=COCC(c1cnc2cccc(F)c2c1)C(F)(F)F. The number of nitrogens with zero attached hydrogens (tertiary/aromatic N) is 1. The quantitative estimate of drug-likeness (QED) is 0.640. The molecular weight excluding hydrogens is 278 g/mol. The molecule has 1 aromatic carbocycles. The molecule has 1 aromatic heterocycles. The molecule has 0 fully saturated rings. The molecule has 20 heavy (non-hydrogen) atoms. The summed E-state index contributed by atoms with van der Waals surface area (Å²) in [7, 11) is 0. The molecule has 1 heterocycles. The van der Waals surface area contributed by atoms with E-state index in [9.17, 15) is 22.4 Å². The van der Waals surface area contributed by atoms with E-state index in [1.807, 2.05) is 0 Å². The van der Waals surface area contributed by atoms with Crippen LogP contribution in [0, 0.1) is 5.82 Å². The summed E-state index contributed by atoms with van der Waals surface area (Å²) >= 11 is 0. The van der Waals surface area contributed by atoms with Crippen molar-refractivity contribution in [3.8, 4) is 0 Å². The fourth-order valence-corrected chi connectivity index (χ4v) is 1.83. The summed E-state index contributed by atoms with van der Waals surface area (Å²) < 4.78 is 56.5. The fraction of sp³-hybridized carbons (Fsp3) is 0.231. The van der Waals surface area contributed by atoms with Crippen LogP contribution < -0.4 is 0 Å². The molecule has 0 saturated heterocycles. The van der Waals surface area contributed by atoms with Crippen LogP contribution >= 0.6 is 0 Å². The first-order chi connectivity index (χ1) is 9.43. The van der Waals surface area contributed by atoms with Crippen LogP contribution in [-0.2, 0) is 9.53 Å². The summed E-state index contributed by atoms with van der Waals surface area (Å²) in [5.74, 6) is -2.70. The van der Waals surface area contributed by atoms with Crippen molar-refractivity contribution >= 4 is 17.4 Å². The highest BCUT2D eigenvalue weighted by molar-refractivity contribution is 5.79. The van der Waals surface area contributed by atoms with E-state index in [0.717, 1.165) is 18.3 Å². The van der Waals surface area contributed by atoms with Gasteiger partial charge in [-0.1, -0.05) is 6.07 Å². The second kappa shape index (κ2) is 5.44. The minimum atomic E-state index is -4.62. The number of alkyl halides is 3. The smallest absolute Gasteiger partial charge is 0.399 e. The summed E-state index contributed by atoms with van der Waals surface area (Å²) in [4.78, 5) is 13.9. The highest BCUT2D eigenvalue weighted by Gasteiger charge is 2.41. The van der Waals surface area contributed by atoms with E-state index in [1.54, 1.807) is 0 Å². The van der Waals surface area contributed by atoms with Gasteiger partial charge in [-0.05, 0) is 23.8 Å². The third-order valence-corrected chi connectivity index (χ3v) is 2.82. The van der Waals surface area contributed by atoms with Crippen molar-refractivity contribution < 1.29 is 27.1 Å². The second-order valence-corrected chi connectivity index (χ2v) is 4.10. The average Bonchev–Trinajstić information content (AvgIpc) is 2.38. The van der Waals surface area contributed by atoms with Gasteiger partial charge < -0.3 is 4.74 Å². The number of aromatic nitrogens is 1. The monoisotopic (exact) mass is 287 g/mol. The third-order valence-electron chi connectivity index (χ3n) is 2.82. The Balaban J connectivity index is 2.48. The normalized spacial score (nSPS) is 13.2. The molecule has 3 nitrogen and oxygen atoms in total. The van der Waals surface area contributed by atoms with Crippen molar-refractivity contribution in [1.82, 2.24) is 4.98 Å². The standard InChI is InChI=1S/C13H9F4NO2/c14-11-2-1-3-12-9(11)4-8(5-18-12)10(6-20-7-19)13(15,16)17/h1-5,7,10H,6H2. The molecule has 0 radical (unpaired) electrons. The molecular formula is C13H9F4NO2. The third kappa shape index (κ3) is 2.87. The van der Waals surface area contributed by atoms with Crippen LogP contribution in [-0.4, -0.2) is 24.2 Å². The zero-order chi connectivity index (χ0) is 14.8. The molecule has 0 spiro atoms. The molecule has 1 atom stereocenters. The highest BCUT2D eigenvalue weighted by atomic mass is 19.4. The minimum Gasteiger partial charge on any atom is -0.467 e. The Bertz CT molecular complexity index is 627. The molecule has 0 saturated carbocycles. The topological polar surface area (TPSA) is 39.2 Å². The predicted octanol–water partition coefficient (Wildman–Crippen LogP) is 3.19. The molecule has 0 N–H and O–H groups in total. The van der Waals surface area contributed by atoms with Crippen LogP contribution in [0.15, 0.2) is 30.5 Å². The number of pyridine rings is 1. The van der Waals surface area contributed by atoms with Gasteiger partial charge in [0.1, 0.15) is 18.3 Å². The van der Waals surface area contributed by atoms with Crippen molar-refractivity contribution in [2.75, 3.05) is 6.61 Å². The van der Waals surface area contributed by atoms with Crippen molar-refractivity contribution in [3.63, 3.8) is 0 Å². The Labute approximate surface area is 111 Å². The lowest BCUT2D eigenvalue weighted by atomic mass is 9.99. The van der Waals surface area contributed by atoms with E-state index in [1.165, 1.54) is 12.1 Å². The van der Waals surface area contributed by atoms with Gasteiger partial charge >= 0.3 is 6.18 Å². The Morgan fingerprint density at radius 1 is 1.35 bits per heavy atom. The molecule has 7 heteroatoms. The summed E-state index contributed by atoms with van der Waals surface area (Å²) in [6.07, 6.45) is -3.61. The maximum Gasteiger partial charge on any atom is 0.399 e.